The summed E-state index contributed by atoms with van der Waals surface area (Å²) in [6, 6.07) is 1.07. The van der Waals surface area contributed by atoms with Gasteiger partial charge in [0.15, 0.2) is 5.78 Å². The highest BCUT2D eigenvalue weighted by Crippen LogP contribution is 2.45. The topological polar surface area (TPSA) is 20.3 Å². The molecule has 5 atom stereocenters. The van der Waals surface area contributed by atoms with Crippen molar-refractivity contribution < 1.29 is 4.79 Å². The number of hydrogen-bond acceptors (Lipinski definition) is 2. The van der Waals surface area contributed by atoms with Crippen molar-refractivity contribution in [2.45, 2.75) is 63.4 Å². The largest absolute Gasteiger partial charge is 0.368 e. The van der Waals surface area contributed by atoms with Crippen LogP contribution in [0.1, 0.15) is 46.0 Å². The fourth-order valence-corrected chi connectivity index (χ4v) is 4.72. The molecule has 3 heteroatoms. The number of fused-ring (bicyclic) bond motifs is 3. The highest BCUT2D eigenvalue weighted by molar-refractivity contribution is 6.20. The lowest BCUT2D eigenvalue weighted by molar-refractivity contribution is -0.119. The molecule has 0 spiro atoms. The number of halogens is 1. The second-order valence-corrected chi connectivity index (χ2v) is 7.00. The zero-order chi connectivity index (χ0) is 12.9. The average molecular weight is 268 g/mol. The molecule has 0 aromatic carbocycles. The zero-order valence-electron chi connectivity index (χ0n) is 11.2. The average Bonchev–Trinajstić information content (AvgIpc) is 2.29. The summed E-state index contributed by atoms with van der Waals surface area (Å²) in [5.41, 5.74) is 1.19. The molecule has 2 fully saturated rings. The van der Waals surface area contributed by atoms with E-state index in [-0.39, 0.29) is 0 Å². The predicted octanol–water partition coefficient (Wildman–Crippen LogP) is 3.35. The van der Waals surface area contributed by atoms with E-state index in [1.54, 1.807) is 0 Å². The first-order chi connectivity index (χ1) is 8.56. The maximum Gasteiger partial charge on any atom is 0.159 e. The smallest absolute Gasteiger partial charge is 0.159 e. The van der Waals surface area contributed by atoms with Crippen LogP contribution < -0.4 is 0 Å². The van der Waals surface area contributed by atoms with Gasteiger partial charge in [-0.1, -0.05) is 6.92 Å². The number of hydrogen-bond donors (Lipinski definition) is 0. The van der Waals surface area contributed by atoms with Crippen molar-refractivity contribution in [2.24, 2.45) is 11.8 Å². The molecule has 0 aromatic heterocycles. The molecular weight excluding hydrogens is 246 g/mol. The van der Waals surface area contributed by atoms with Gasteiger partial charge in [0, 0.05) is 35.7 Å². The first kappa shape index (κ1) is 12.5. The SMILES string of the molecule is CC1=CC(=O)CC2C(C)CC3CC(Cl)CCC3N12. The first-order valence-corrected chi connectivity index (χ1v) is 7.63. The van der Waals surface area contributed by atoms with E-state index in [9.17, 15) is 4.79 Å². The van der Waals surface area contributed by atoms with Crippen LogP contribution in [-0.2, 0) is 4.79 Å². The quantitative estimate of drug-likeness (QED) is 0.628. The molecule has 2 aliphatic heterocycles. The molecule has 0 bridgehead atoms. The van der Waals surface area contributed by atoms with E-state index >= 15 is 0 Å². The molecule has 2 nitrogen and oxygen atoms in total. The first-order valence-electron chi connectivity index (χ1n) is 7.20. The summed E-state index contributed by atoms with van der Waals surface area (Å²) in [7, 11) is 0. The molecule has 1 saturated heterocycles. The van der Waals surface area contributed by atoms with Gasteiger partial charge in [0.1, 0.15) is 0 Å². The van der Waals surface area contributed by atoms with Gasteiger partial charge in [-0.3, -0.25) is 4.79 Å². The summed E-state index contributed by atoms with van der Waals surface area (Å²) in [5, 5.41) is 0.366. The minimum absolute atomic E-state index is 0.310. The van der Waals surface area contributed by atoms with Crippen LogP contribution in [0.5, 0.6) is 0 Å². The van der Waals surface area contributed by atoms with E-state index in [4.69, 9.17) is 11.6 Å². The lowest BCUT2D eigenvalue weighted by Gasteiger charge is -2.54. The molecule has 1 aliphatic carbocycles. The van der Waals surface area contributed by atoms with Crippen LogP contribution >= 0.6 is 11.6 Å². The summed E-state index contributed by atoms with van der Waals surface area (Å²) in [5.74, 6) is 1.65. The van der Waals surface area contributed by atoms with Crippen LogP contribution in [-0.4, -0.2) is 28.1 Å². The second kappa shape index (κ2) is 4.56. The van der Waals surface area contributed by atoms with Gasteiger partial charge in [0.25, 0.3) is 0 Å². The van der Waals surface area contributed by atoms with Gasteiger partial charge in [-0.05, 0) is 44.4 Å². The van der Waals surface area contributed by atoms with E-state index < -0.39 is 0 Å². The van der Waals surface area contributed by atoms with Crippen molar-refractivity contribution in [1.29, 1.82) is 0 Å². The molecule has 0 amide bonds. The van der Waals surface area contributed by atoms with Gasteiger partial charge < -0.3 is 4.90 Å². The molecule has 1 saturated carbocycles. The van der Waals surface area contributed by atoms with Crippen LogP contribution in [0.2, 0.25) is 0 Å². The van der Waals surface area contributed by atoms with E-state index in [1.807, 2.05) is 6.08 Å². The fourth-order valence-electron chi connectivity index (χ4n) is 4.36. The number of carbonyl (C=O) groups excluding carboxylic acids is 1. The molecule has 18 heavy (non-hydrogen) atoms. The molecule has 0 N–H and O–H groups in total. The number of ketones is 1. The van der Waals surface area contributed by atoms with Crippen LogP contribution in [0.15, 0.2) is 11.8 Å². The lowest BCUT2D eigenvalue weighted by atomic mass is 9.70. The summed E-state index contributed by atoms with van der Waals surface area (Å²) >= 11 is 6.33. The number of piperidine rings is 1. The van der Waals surface area contributed by atoms with Crippen molar-refractivity contribution in [3.8, 4) is 0 Å². The Kier molecular flexibility index (Phi) is 3.17. The van der Waals surface area contributed by atoms with E-state index in [0.717, 1.165) is 18.8 Å². The summed E-state index contributed by atoms with van der Waals surface area (Å²) in [6.45, 7) is 4.41. The highest BCUT2D eigenvalue weighted by Gasteiger charge is 2.45. The molecule has 0 radical (unpaired) electrons. The van der Waals surface area contributed by atoms with Gasteiger partial charge in [0.2, 0.25) is 0 Å². The van der Waals surface area contributed by atoms with Crippen LogP contribution in [0.4, 0.5) is 0 Å². The summed E-state index contributed by atoms with van der Waals surface area (Å²) in [4.78, 5) is 14.3. The predicted molar refractivity (Wildman–Crippen MR) is 73.6 cm³/mol. The second-order valence-electron chi connectivity index (χ2n) is 6.38. The standard InChI is InChI=1S/C15H22ClNO/c1-9-5-11-7-12(16)3-4-14(11)17-10(2)6-13(18)8-15(9)17/h6,9,11-12,14-15H,3-5,7-8H2,1-2H3. The Labute approximate surface area is 114 Å². The normalized spacial score (nSPS) is 44.2. The molecular formula is C15H22ClNO. The van der Waals surface area contributed by atoms with Crippen molar-refractivity contribution in [2.75, 3.05) is 0 Å². The molecule has 0 aromatic rings. The van der Waals surface area contributed by atoms with Gasteiger partial charge in [-0.25, -0.2) is 0 Å². The van der Waals surface area contributed by atoms with E-state index in [1.165, 1.54) is 18.5 Å². The number of carbonyl (C=O) groups is 1. The van der Waals surface area contributed by atoms with E-state index in [0.29, 0.717) is 35.6 Å². The molecule has 2 heterocycles. The summed E-state index contributed by atoms with van der Waals surface area (Å²) in [6.07, 6.45) is 7.28. The molecule has 3 rings (SSSR count). The third-order valence-electron chi connectivity index (χ3n) is 5.11. The minimum atomic E-state index is 0.310. The minimum Gasteiger partial charge on any atom is -0.368 e. The molecule has 5 unspecified atom stereocenters. The Hall–Kier alpha value is -0.500. The van der Waals surface area contributed by atoms with Crippen LogP contribution in [0.25, 0.3) is 0 Å². The lowest BCUT2D eigenvalue weighted by Crippen LogP contribution is -2.57. The fraction of sp³-hybridized carbons (Fsp3) is 0.800. The highest BCUT2D eigenvalue weighted by atomic mass is 35.5. The van der Waals surface area contributed by atoms with Crippen molar-refractivity contribution >= 4 is 17.4 Å². The Morgan fingerprint density at radius 3 is 2.83 bits per heavy atom. The molecule has 3 aliphatic rings. The van der Waals surface area contributed by atoms with Gasteiger partial charge >= 0.3 is 0 Å². The monoisotopic (exact) mass is 267 g/mol. The Bertz CT molecular complexity index is 392. The number of alkyl halides is 1. The molecule has 100 valence electrons. The maximum atomic E-state index is 11.8. The van der Waals surface area contributed by atoms with Crippen molar-refractivity contribution in [3.05, 3.63) is 11.8 Å². The van der Waals surface area contributed by atoms with Crippen molar-refractivity contribution in [3.63, 3.8) is 0 Å². The third-order valence-corrected chi connectivity index (χ3v) is 5.51. The Balaban J connectivity index is 1.90. The Morgan fingerprint density at radius 1 is 1.28 bits per heavy atom. The number of rotatable bonds is 0. The van der Waals surface area contributed by atoms with E-state index in [2.05, 4.69) is 18.7 Å². The van der Waals surface area contributed by atoms with Gasteiger partial charge in [-0.2, -0.15) is 0 Å². The van der Waals surface area contributed by atoms with Crippen LogP contribution in [0.3, 0.4) is 0 Å². The number of allylic oxidation sites excluding steroid dienone is 2. The summed E-state index contributed by atoms with van der Waals surface area (Å²) < 4.78 is 0. The van der Waals surface area contributed by atoms with Gasteiger partial charge in [-0.15, -0.1) is 11.6 Å². The van der Waals surface area contributed by atoms with Gasteiger partial charge in [0.05, 0.1) is 0 Å². The van der Waals surface area contributed by atoms with Crippen LogP contribution in [0, 0.1) is 11.8 Å². The van der Waals surface area contributed by atoms with Crippen molar-refractivity contribution in [1.82, 2.24) is 4.90 Å². The number of nitrogens with zero attached hydrogens (tertiary/aromatic N) is 1. The third kappa shape index (κ3) is 1.99. The zero-order valence-corrected chi connectivity index (χ0v) is 12.0. The maximum absolute atomic E-state index is 11.8. The Morgan fingerprint density at radius 2 is 2.06 bits per heavy atom.